The molecular weight excluding hydrogens is 310 g/mol. The molecule has 130 valence electrons. The Morgan fingerprint density at radius 2 is 2.17 bits per heavy atom. The van der Waals surface area contributed by atoms with Crippen LogP contribution >= 0.6 is 0 Å². The van der Waals surface area contributed by atoms with E-state index in [-0.39, 0.29) is 6.09 Å². The Kier molecular flexibility index (Phi) is 4.29. The molecule has 1 saturated heterocycles. The van der Waals surface area contributed by atoms with Crippen LogP contribution < -0.4 is 0 Å². The van der Waals surface area contributed by atoms with Crippen LogP contribution in [-0.2, 0) is 18.2 Å². The molecular formula is C16H23N5O3. The van der Waals surface area contributed by atoms with Gasteiger partial charge in [0.1, 0.15) is 11.3 Å². The Bertz CT molecular complexity index is 709. The van der Waals surface area contributed by atoms with Crippen LogP contribution in [0.3, 0.4) is 0 Å². The zero-order valence-electron chi connectivity index (χ0n) is 14.5. The van der Waals surface area contributed by atoms with Crippen molar-refractivity contribution in [1.29, 1.82) is 0 Å². The van der Waals surface area contributed by atoms with Crippen LogP contribution in [0.2, 0.25) is 0 Å². The molecule has 3 rings (SSSR count). The summed E-state index contributed by atoms with van der Waals surface area (Å²) in [6.45, 7) is 7.05. The summed E-state index contributed by atoms with van der Waals surface area (Å²) in [4.78, 5) is 18.0. The van der Waals surface area contributed by atoms with Crippen LogP contribution in [0, 0.1) is 5.92 Å². The van der Waals surface area contributed by atoms with Gasteiger partial charge in [0.15, 0.2) is 0 Å². The predicted octanol–water partition coefficient (Wildman–Crippen LogP) is 2.27. The van der Waals surface area contributed by atoms with Gasteiger partial charge in [-0.3, -0.25) is 4.68 Å². The molecule has 2 aromatic rings. The Morgan fingerprint density at radius 3 is 2.79 bits per heavy atom. The largest absolute Gasteiger partial charge is 0.444 e. The number of rotatable bonds is 4. The van der Waals surface area contributed by atoms with Crippen molar-refractivity contribution in [3.63, 3.8) is 0 Å². The lowest BCUT2D eigenvalue weighted by Gasteiger charge is -2.39. The molecule has 0 unspecified atom stereocenters. The number of ether oxygens (including phenoxy) is 1. The first kappa shape index (κ1) is 16.5. The predicted molar refractivity (Wildman–Crippen MR) is 86.1 cm³/mol. The van der Waals surface area contributed by atoms with Gasteiger partial charge in [0.05, 0.1) is 0 Å². The third kappa shape index (κ3) is 3.93. The fourth-order valence-electron chi connectivity index (χ4n) is 2.55. The fraction of sp³-hybridized carbons (Fsp3) is 0.625. The first-order valence-corrected chi connectivity index (χ1v) is 8.11. The summed E-state index contributed by atoms with van der Waals surface area (Å²) in [5, 5.41) is 8.21. The summed E-state index contributed by atoms with van der Waals surface area (Å²) in [6.07, 6.45) is 3.20. The number of aryl methyl sites for hydroxylation is 2. The minimum absolute atomic E-state index is 0.242. The maximum Gasteiger partial charge on any atom is 0.410 e. The number of carbonyl (C=O) groups excluding carboxylic acids is 1. The average Bonchev–Trinajstić information content (AvgIpc) is 3.03. The van der Waals surface area contributed by atoms with Crippen molar-refractivity contribution >= 4 is 6.09 Å². The lowest BCUT2D eigenvalue weighted by Crippen LogP contribution is -2.51. The number of hydrogen-bond donors (Lipinski definition) is 0. The van der Waals surface area contributed by atoms with E-state index < -0.39 is 5.60 Å². The number of nitrogens with zero attached hydrogens (tertiary/aromatic N) is 5. The molecule has 0 aromatic carbocycles. The molecule has 1 fully saturated rings. The van der Waals surface area contributed by atoms with E-state index in [0.717, 1.165) is 19.5 Å². The lowest BCUT2D eigenvalue weighted by molar-refractivity contribution is -0.00224. The van der Waals surface area contributed by atoms with Crippen LogP contribution in [-0.4, -0.2) is 49.6 Å². The highest BCUT2D eigenvalue weighted by molar-refractivity contribution is 5.69. The van der Waals surface area contributed by atoms with Crippen molar-refractivity contribution in [1.82, 2.24) is 24.8 Å². The zero-order valence-corrected chi connectivity index (χ0v) is 14.5. The summed E-state index contributed by atoms with van der Waals surface area (Å²) in [7, 11) is 1.84. The van der Waals surface area contributed by atoms with Gasteiger partial charge in [0.2, 0.25) is 11.7 Å². The number of amides is 1. The molecule has 0 atom stereocenters. The maximum absolute atomic E-state index is 11.9. The molecule has 0 radical (unpaired) electrons. The molecule has 8 heteroatoms. The summed E-state index contributed by atoms with van der Waals surface area (Å²) in [5.74, 6) is 1.56. The van der Waals surface area contributed by atoms with E-state index in [1.54, 1.807) is 9.58 Å². The Labute approximate surface area is 140 Å². The standard InChI is InChI=1S/C16H23N5O3/c1-16(2,3)23-15(22)21-9-11(10-21)5-6-13-17-14(19-24-13)12-7-8-20(4)18-12/h7-8,11H,5-6,9-10H2,1-4H3. The van der Waals surface area contributed by atoms with E-state index in [1.165, 1.54) is 0 Å². The van der Waals surface area contributed by atoms with E-state index in [1.807, 2.05) is 40.1 Å². The summed E-state index contributed by atoms with van der Waals surface area (Å²) < 4.78 is 12.3. The third-order valence-corrected chi connectivity index (χ3v) is 3.79. The van der Waals surface area contributed by atoms with Gasteiger partial charge in [-0.05, 0) is 39.2 Å². The third-order valence-electron chi connectivity index (χ3n) is 3.79. The second-order valence-corrected chi connectivity index (χ2v) is 7.18. The summed E-state index contributed by atoms with van der Waals surface area (Å²) >= 11 is 0. The van der Waals surface area contributed by atoms with Gasteiger partial charge in [-0.25, -0.2) is 4.79 Å². The first-order valence-electron chi connectivity index (χ1n) is 8.11. The van der Waals surface area contributed by atoms with Crippen LogP contribution in [0.4, 0.5) is 4.79 Å². The Morgan fingerprint density at radius 1 is 1.42 bits per heavy atom. The average molecular weight is 333 g/mol. The van der Waals surface area contributed by atoms with Crippen molar-refractivity contribution in [2.24, 2.45) is 13.0 Å². The van der Waals surface area contributed by atoms with Gasteiger partial charge in [0.25, 0.3) is 0 Å². The number of hydrogen-bond acceptors (Lipinski definition) is 6. The SMILES string of the molecule is Cn1ccc(-c2noc(CCC3CN(C(=O)OC(C)(C)C)C3)n2)n1. The number of carbonyl (C=O) groups is 1. The van der Waals surface area contributed by atoms with Crippen LogP contribution in [0.15, 0.2) is 16.8 Å². The van der Waals surface area contributed by atoms with Gasteiger partial charge >= 0.3 is 6.09 Å². The molecule has 0 bridgehead atoms. The van der Waals surface area contributed by atoms with E-state index in [9.17, 15) is 4.79 Å². The van der Waals surface area contributed by atoms with E-state index in [0.29, 0.717) is 29.7 Å². The highest BCUT2D eigenvalue weighted by atomic mass is 16.6. The monoisotopic (exact) mass is 333 g/mol. The van der Waals surface area contributed by atoms with E-state index in [4.69, 9.17) is 9.26 Å². The normalized spacial score (nSPS) is 15.4. The molecule has 0 aliphatic carbocycles. The number of aromatic nitrogens is 4. The minimum atomic E-state index is -0.451. The molecule has 0 spiro atoms. The van der Waals surface area contributed by atoms with Crippen LogP contribution in [0.1, 0.15) is 33.1 Å². The minimum Gasteiger partial charge on any atom is -0.444 e. The van der Waals surface area contributed by atoms with Crippen LogP contribution in [0.5, 0.6) is 0 Å². The number of likely N-dealkylation sites (tertiary alicyclic amines) is 1. The van der Waals surface area contributed by atoms with Gasteiger partial charge in [-0.2, -0.15) is 10.1 Å². The summed E-state index contributed by atoms with van der Waals surface area (Å²) in [6, 6.07) is 1.85. The molecule has 2 aromatic heterocycles. The summed E-state index contributed by atoms with van der Waals surface area (Å²) in [5.41, 5.74) is 0.251. The Hall–Kier alpha value is -2.38. The van der Waals surface area contributed by atoms with Crippen molar-refractivity contribution < 1.29 is 14.1 Å². The van der Waals surface area contributed by atoms with Crippen molar-refractivity contribution in [3.8, 4) is 11.5 Å². The molecule has 3 heterocycles. The quantitative estimate of drug-likeness (QED) is 0.853. The topological polar surface area (TPSA) is 86.3 Å². The maximum atomic E-state index is 11.9. The smallest absolute Gasteiger partial charge is 0.410 e. The van der Waals surface area contributed by atoms with Gasteiger partial charge in [0, 0.05) is 32.8 Å². The zero-order chi connectivity index (χ0) is 17.3. The van der Waals surface area contributed by atoms with Gasteiger partial charge < -0.3 is 14.2 Å². The molecule has 0 N–H and O–H groups in total. The second kappa shape index (κ2) is 6.26. The first-order chi connectivity index (χ1) is 11.3. The lowest BCUT2D eigenvalue weighted by atomic mass is 9.95. The van der Waals surface area contributed by atoms with E-state index in [2.05, 4.69) is 15.2 Å². The van der Waals surface area contributed by atoms with Crippen molar-refractivity contribution in [2.75, 3.05) is 13.1 Å². The van der Waals surface area contributed by atoms with Gasteiger partial charge in [-0.1, -0.05) is 5.16 Å². The molecule has 1 aliphatic heterocycles. The highest BCUT2D eigenvalue weighted by Crippen LogP contribution is 2.23. The molecule has 8 nitrogen and oxygen atoms in total. The van der Waals surface area contributed by atoms with Crippen molar-refractivity contribution in [3.05, 3.63) is 18.2 Å². The molecule has 24 heavy (non-hydrogen) atoms. The highest BCUT2D eigenvalue weighted by Gasteiger charge is 2.33. The second-order valence-electron chi connectivity index (χ2n) is 7.18. The van der Waals surface area contributed by atoms with Crippen LogP contribution in [0.25, 0.3) is 11.5 Å². The van der Waals surface area contributed by atoms with E-state index >= 15 is 0 Å². The molecule has 1 amide bonds. The Balaban J connectivity index is 1.44. The van der Waals surface area contributed by atoms with Crippen molar-refractivity contribution in [2.45, 2.75) is 39.2 Å². The van der Waals surface area contributed by atoms with Gasteiger partial charge in [-0.15, -0.1) is 0 Å². The molecule has 1 aliphatic rings. The fourth-order valence-corrected chi connectivity index (χ4v) is 2.55. The molecule has 0 saturated carbocycles.